The van der Waals surface area contributed by atoms with E-state index in [9.17, 15) is 25.9 Å². The average molecular weight is 517 g/mol. The molecule has 0 aromatic carbocycles. The van der Waals surface area contributed by atoms with Gasteiger partial charge in [-0.25, -0.2) is 26.8 Å². The topological polar surface area (TPSA) is 198 Å². The summed E-state index contributed by atoms with van der Waals surface area (Å²) >= 11 is 2.56. The van der Waals surface area contributed by atoms with E-state index in [-0.39, 0.29) is 72.0 Å². The Balaban J connectivity index is 0.00000420. The van der Waals surface area contributed by atoms with Crippen molar-refractivity contribution in [1.29, 1.82) is 0 Å². The fourth-order valence-corrected chi connectivity index (χ4v) is 4.83. The van der Waals surface area contributed by atoms with Crippen LogP contribution in [0, 0.1) is 0 Å². The molecule has 0 aliphatic heterocycles. The molecule has 0 amide bonds. The van der Waals surface area contributed by atoms with Crippen molar-refractivity contribution in [2.24, 2.45) is 0 Å². The van der Waals surface area contributed by atoms with Crippen LogP contribution in [0.2, 0.25) is 0 Å². The number of hydrogen-bond donors (Lipinski definition) is 2. The van der Waals surface area contributed by atoms with Gasteiger partial charge < -0.3 is 9.11 Å². The summed E-state index contributed by atoms with van der Waals surface area (Å²) in [7, 11) is -8.39. The fourth-order valence-electron chi connectivity index (χ4n) is 1.94. The molecule has 158 valence electrons. The van der Waals surface area contributed by atoms with Gasteiger partial charge in [-0.1, -0.05) is 23.5 Å². The molecule has 12 nitrogen and oxygen atoms in total. The van der Waals surface area contributed by atoms with Crippen LogP contribution in [0.5, 0.6) is 0 Å². The summed E-state index contributed by atoms with van der Waals surface area (Å²) in [6, 6.07) is 0. The number of hydrogen-bond acceptors (Lipinski definition) is 12. The minimum atomic E-state index is -4.19. The van der Waals surface area contributed by atoms with Gasteiger partial charge in [0.15, 0.2) is 22.0 Å². The zero-order valence-electron chi connectivity index (χ0n) is 16.5. The summed E-state index contributed by atoms with van der Waals surface area (Å²) in [5.41, 5.74) is 0. The molecule has 2 aromatic rings. The van der Waals surface area contributed by atoms with Gasteiger partial charge in [0.1, 0.15) is 0 Å². The van der Waals surface area contributed by atoms with Crippen LogP contribution in [0.3, 0.4) is 0 Å². The largest absolute Gasteiger partial charge is 1.00 e. The molecule has 2 aromatic heterocycles. The van der Waals surface area contributed by atoms with Crippen molar-refractivity contribution < 1.29 is 85.1 Å². The van der Waals surface area contributed by atoms with E-state index in [2.05, 4.69) is 30.4 Å². The monoisotopic (exact) mass is 516 g/mol. The Bertz CT molecular complexity index is 889. The molecule has 18 heteroatoms. The second-order valence-corrected chi connectivity index (χ2v) is 10.8. The smallest absolute Gasteiger partial charge is 0.748 e. The molecule has 0 unspecified atom stereocenters. The first-order valence-electron chi connectivity index (χ1n) is 8.06. The van der Waals surface area contributed by atoms with Gasteiger partial charge in [-0.15, -0.1) is 0 Å². The number of aromatic amines is 2. The Labute approximate surface area is 227 Å². The summed E-state index contributed by atoms with van der Waals surface area (Å²) in [6.07, 6.45) is 1.46. The molecule has 0 spiro atoms. The molecule has 0 bridgehead atoms. The van der Waals surface area contributed by atoms with Gasteiger partial charge in [-0.2, -0.15) is 10.2 Å². The Morgan fingerprint density at radius 1 is 0.733 bits per heavy atom. The number of thioether (sulfide) groups is 2. The van der Waals surface area contributed by atoms with Crippen molar-refractivity contribution in [2.75, 3.05) is 23.0 Å². The molecule has 0 radical (unpaired) electrons. The van der Waals surface area contributed by atoms with Crippen LogP contribution in [0.1, 0.15) is 24.5 Å². The van der Waals surface area contributed by atoms with Gasteiger partial charge in [0.05, 0.1) is 20.2 Å². The van der Waals surface area contributed by atoms with Crippen molar-refractivity contribution >= 4 is 43.8 Å². The van der Waals surface area contributed by atoms with Gasteiger partial charge >= 0.3 is 59.1 Å². The summed E-state index contributed by atoms with van der Waals surface area (Å²) in [6.45, 7) is 0. The van der Waals surface area contributed by atoms with E-state index in [1.165, 1.54) is 23.5 Å². The van der Waals surface area contributed by atoms with Gasteiger partial charge in [0.2, 0.25) is 0 Å². The van der Waals surface area contributed by atoms with E-state index < -0.39 is 31.7 Å². The quantitative estimate of drug-likeness (QED) is 0.111. The molecule has 2 N–H and O–H groups in total. The maximum atomic E-state index is 10.5. The van der Waals surface area contributed by atoms with Gasteiger partial charge in [0, 0.05) is 35.9 Å². The molecule has 0 saturated carbocycles. The summed E-state index contributed by atoms with van der Waals surface area (Å²) in [5.74, 6) is 1.17. The predicted molar refractivity (Wildman–Crippen MR) is 100.0 cm³/mol. The van der Waals surface area contributed by atoms with Crippen LogP contribution < -0.4 is 59.1 Å². The van der Waals surface area contributed by atoms with Crippen molar-refractivity contribution in [3.05, 3.63) is 11.6 Å². The summed E-state index contributed by atoms with van der Waals surface area (Å²) in [5, 5.41) is 14.7. The molecule has 2 rings (SSSR count). The Morgan fingerprint density at radius 2 is 1.10 bits per heavy atom. The maximum absolute atomic E-state index is 10.5. The molecule has 0 fully saturated rings. The minimum Gasteiger partial charge on any atom is -0.748 e. The molecule has 0 saturated heterocycles. The van der Waals surface area contributed by atoms with Crippen molar-refractivity contribution in [3.8, 4) is 0 Å². The van der Waals surface area contributed by atoms with E-state index in [1.807, 2.05) is 0 Å². The summed E-state index contributed by atoms with van der Waals surface area (Å²) < 4.78 is 63.2. The Morgan fingerprint density at radius 3 is 1.43 bits per heavy atom. The van der Waals surface area contributed by atoms with Gasteiger partial charge in [0.25, 0.3) is 0 Å². The normalized spacial score (nSPS) is 11.7. The van der Waals surface area contributed by atoms with E-state index in [1.54, 1.807) is 0 Å². The third-order valence-corrected chi connectivity index (χ3v) is 6.62. The van der Waals surface area contributed by atoms with Gasteiger partial charge in [-0.05, 0) is 12.8 Å². The van der Waals surface area contributed by atoms with Crippen molar-refractivity contribution in [3.63, 3.8) is 0 Å². The standard InChI is InChI=1S/C12H20N6O6S4.2Na/c19-27(20,21)7-1-5-25-11-13-9(15-17-11)3-4-10-14-12(18-16-10)26-6-2-8-28(22,23)24;;/h1-8H2,(H,13,15,17)(H,14,16,18)(H,19,20,21)(H,22,23,24);;/q;2*+1/p-2. The molecule has 0 aliphatic rings. The van der Waals surface area contributed by atoms with E-state index in [0.29, 0.717) is 46.3 Å². The third-order valence-electron chi connectivity index (χ3n) is 3.15. The SMILES string of the molecule is O=S(=O)([O-])CCCSc1nc(CCc2n[nH]c(SCCCS(=O)(=O)[O-])n2)n[nH]1.[Na+].[Na+]. The Kier molecular flexibility index (Phi) is 15.2. The van der Waals surface area contributed by atoms with E-state index in [0.717, 1.165) is 0 Å². The molecule has 0 atom stereocenters. The fraction of sp³-hybridized carbons (Fsp3) is 0.667. The minimum absolute atomic E-state index is 0. The first-order chi connectivity index (χ1) is 13.1. The average Bonchev–Trinajstić information content (AvgIpc) is 3.21. The van der Waals surface area contributed by atoms with Crippen LogP contribution >= 0.6 is 23.5 Å². The van der Waals surface area contributed by atoms with Crippen LogP contribution in [-0.4, -0.2) is 79.3 Å². The van der Waals surface area contributed by atoms with Crippen LogP contribution in [-0.2, 0) is 33.1 Å². The molecule has 2 heterocycles. The summed E-state index contributed by atoms with van der Waals surface area (Å²) in [4.78, 5) is 8.52. The number of rotatable bonds is 13. The number of nitrogens with zero attached hydrogens (tertiary/aromatic N) is 4. The second kappa shape index (κ2) is 14.8. The predicted octanol–water partition coefficient (Wildman–Crippen LogP) is -6.23. The molecular weight excluding hydrogens is 498 g/mol. The number of aromatic nitrogens is 6. The van der Waals surface area contributed by atoms with Crippen LogP contribution in [0.25, 0.3) is 0 Å². The first-order valence-corrected chi connectivity index (χ1v) is 13.2. The zero-order valence-corrected chi connectivity index (χ0v) is 23.8. The number of aryl methyl sites for hydroxylation is 2. The van der Waals surface area contributed by atoms with E-state index >= 15 is 0 Å². The Hall–Kier alpha value is 0.800. The molecule has 30 heavy (non-hydrogen) atoms. The molecule has 0 aliphatic carbocycles. The first kappa shape index (κ1) is 30.8. The third kappa shape index (κ3) is 14.1. The maximum Gasteiger partial charge on any atom is 1.00 e. The van der Waals surface area contributed by atoms with Crippen LogP contribution in [0.4, 0.5) is 0 Å². The zero-order chi connectivity index (χ0) is 20.6. The second-order valence-electron chi connectivity index (χ2n) is 5.54. The molecular formula is C12H18N6Na2O6S4. The van der Waals surface area contributed by atoms with Crippen LogP contribution in [0.15, 0.2) is 10.3 Å². The number of H-pyrrole nitrogens is 2. The van der Waals surface area contributed by atoms with Crippen molar-refractivity contribution in [1.82, 2.24) is 30.4 Å². The van der Waals surface area contributed by atoms with Crippen molar-refractivity contribution in [2.45, 2.75) is 36.0 Å². The number of nitrogens with one attached hydrogen (secondary N) is 2. The van der Waals surface area contributed by atoms with Gasteiger partial charge in [-0.3, -0.25) is 10.2 Å². The van der Waals surface area contributed by atoms with E-state index in [4.69, 9.17) is 0 Å².